The molecule has 0 unspecified atom stereocenters. The van der Waals surface area contributed by atoms with E-state index in [9.17, 15) is 9.59 Å². The standard InChI is InChI=1S/C19H20N2O3S/c1-17(2)18(3)9-10-19(17,24-15(18)23)14(22)21-16-20-13(11-25-16)12-7-5-4-6-8-12/h4-8,11H,9-10H2,1-3H3,(H,20,21,22)/t18-,19-/m0/s1. The molecule has 1 N–H and O–H groups in total. The van der Waals surface area contributed by atoms with Gasteiger partial charge in [0.05, 0.1) is 11.1 Å². The van der Waals surface area contributed by atoms with Gasteiger partial charge < -0.3 is 4.74 Å². The smallest absolute Gasteiger partial charge is 0.313 e. The molecule has 25 heavy (non-hydrogen) atoms. The summed E-state index contributed by atoms with van der Waals surface area (Å²) in [5, 5.41) is 5.31. The molecule has 6 heteroatoms. The van der Waals surface area contributed by atoms with Crippen molar-refractivity contribution >= 4 is 28.3 Å². The van der Waals surface area contributed by atoms with Gasteiger partial charge in [-0.3, -0.25) is 14.9 Å². The molecule has 0 radical (unpaired) electrons. The van der Waals surface area contributed by atoms with Crippen LogP contribution in [0.4, 0.5) is 5.13 Å². The van der Waals surface area contributed by atoms with Gasteiger partial charge in [-0.05, 0) is 19.8 Å². The second-order valence-electron chi connectivity index (χ2n) is 7.53. The van der Waals surface area contributed by atoms with Crippen molar-refractivity contribution in [2.75, 3.05) is 5.32 Å². The first-order valence-electron chi connectivity index (χ1n) is 8.36. The van der Waals surface area contributed by atoms with E-state index in [0.717, 1.165) is 11.3 Å². The van der Waals surface area contributed by atoms with Crippen molar-refractivity contribution in [3.63, 3.8) is 0 Å². The highest BCUT2D eigenvalue weighted by Crippen LogP contribution is 2.65. The Morgan fingerprint density at radius 3 is 2.52 bits per heavy atom. The zero-order valence-electron chi connectivity index (χ0n) is 14.5. The third-order valence-corrected chi connectivity index (χ3v) is 7.00. The van der Waals surface area contributed by atoms with Crippen LogP contribution in [0.5, 0.6) is 0 Å². The highest BCUT2D eigenvalue weighted by Gasteiger charge is 2.75. The van der Waals surface area contributed by atoms with Crippen LogP contribution in [-0.2, 0) is 14.3 Å². The van der Waals surface area contributed by atoms with Crippen molar-refractivity contribution in [3.8, 4) is 11.3 Å². The number of carbonyl (C=O) groups is 2. The molecule has 130 valence electrons. The average Bonchev–Trinajstić information content (AvgIpc) is 3.17. The third kappa shape index (κ3) is 2.03. The molecule has 2 aliphatic rings. The van der Waals surface area contributed by atoms with Crippen LogP contribution in [0.1, 0.15) is 33.6 Å². The van der Waals surface area contributed by atoms with Crippen molar-refractivity contribution < 1.29 is 14.3 Å². The van der Waals surface area contributed by atoms with Crippen LogP contribution in [0.25, 0.3) is 11.3 Å². The molecule has 4 rings (SSSR count). The summed E-state index contributed by atoms with van der Waals surface area (Å²) in [6.45, 7) is 5.79. The van der Waals surface area contributed by atoms with E-state index in [2.05, 4.69) is 10.3 Å². The molecule has 1 aromatic carbocycles. The van der Waals surface area contributed by atoms with E-state index >= 15 is 0 Å². The Morgan fingerprint density at radius 1 is 1.20 bits per heavy atom. The lowest BCUT2D eigenvalue weighted by atomic mass is 9.66. The van der Waals surface area contributed by atoms with Crippen LogP contribution >= 0.6 is 11.3 Å². The molecule has 1 aliphatic carbocycles. The second-order valence-corrected chi connectivity index (χ2v) is 8.39. The summed E-state index contributed by atoms with van der Waals surface area (Å²) in [4.78, 5) is 29.8. The number of anilines is 1. The van der Waals surface area contributed by atoms with Crippen molar-refractivity contribution in [2.45, 2.75) is 39.2 Å². The third-order valence-electron chi connectivity index (χ3n) is 6.24. The maximum absolute atomic E-state index is 13.0. The minimum Gasteiger partial charge on any atom is -0.448 e. The first kappa shape index (κ1) is 16.3. The lowest BCUT2D eigenvalue weighted by molar-refractivity contribution is -0.165. The van der Waals surface area contributed by atoms with Crippen LogP contribution < -0.4 is 5.32 Å². The molecule has 2 atom stereocenters. The fourth-order valence-corrected chi connectivity index (χ4v) is 4.73. The summed E-state index contributed by atoms with van der Waals surface area (Å²) in [7, 11) is 0. The van der Waals surface area contributed by atoms with E-state index in [1.165, 1.54) is 11.3 Å². The molecule has 1 amide bonds. The second kappa shape index (κ2) is 5.14. The predicted molar refractivity (Wildman–Crippen MR) is 96.1 cm³/mol. The van der Waals surface area contributed by atoms with E-state index in [0.29, 0.717) is 18.0 Å². The lowest BCUT2D eigenvalue weighted by Gasteiger charge is -2.35. The zero-order chi connectivity index (χ0) is 17.9. The van der Waals surface area contributed by atoms with Crippen molar-refractivity contribution in [3.05, 3.63) is 35.7 Å². The van der Waals surface area contributed by atoms with Crippen LogP contribution in [0.15, 0.2) is 35.7 Å². The van der Waals surface area contributed by atoms with E-state index in [-0.39, 0.29) is 11.9 Å². The van der Waals surface area contributed by atoms with Crippen molar-refractivity contribution in [1.82, 2.24) is 4.98 Å². The molecule has 1 saturated heterocycles. The average molecular weight is 356 g/mol. The number of rotatable bonds is 3. The molecule has 2 heterocycles. The van der Waals surface area contributed by atoms with Gasteiger partial charge in [0, 0.05) is 16.4 Å². The topological polar surface area (TPSA) is 68.3 Å². The molecule has 2 fully saturated rings. The lowest BCUT2D eigenvalue weighted by Crippen LogP contribution is -2.50. The van der Waals surface area contributed by atoms with Gasteiger partial charge in [0.25, 0.3) is 5.91 Å². The largest absolute Gasteiger partial charge is 0.448 e. The molecule has 2 aromatic rings. The Bertz CT molecular complexity index is 861. The summed E-state index contributed by atoms with van der Waals surface area (Å²) >= 11 is 1.37. The molecule has 1 aromatic heterocycles. The number of fused-ring (bicyclic) bond motifs is 2. The summed E-state index contributed by atoms with van der Waals surface area (Å²) in [6.07, 6.45) is 1.21. The number of nitrogens with zero attached hydrogens (tertiary/aromatic N) is 1. The Morgan fingerprint density at radius 2 is 1.92 bits per heavy atom. The fourth-order valence-electron chi connectivity index (χ4n) is 4.02. The fraction of sp³-hybridized carbons (Fsp3) is 0.421. The van der Waals surface area contributed by atoms with E-state index in [1.807, 2.05) is 56.5 Å². The first-order chi connectivity index (χ1) is 11.8. The van der Waals surface area contributed by atoms with Crippen LogP contribution in [0.2, 0.25) is 0 Å². The quantitative estimate of drug-likeness (QED) is 0.848. The van der Waals surface area contributed by atoms with E-state index in [4.69, 9.17) is 4.74 Å². The van der Waals surface area contributed by atoms with Gasteiger partial charge in [0.2, 0.25) is 0 Å². The number of carbonyl (C=O) groups excluding carboxylic acids is 2. The van der Waals surface area contributed by atoms with Gasteiger partial charge in [-0.25, -0.2) is 4.98 Å². The maximum Gasteiger partial charge on any atom is 0.313 e. The molecule has 1 aliphatic heterocycles. The summed E-state index contributed by atoms with van der Waals surface area (Å²) in [6, 6.07) is 9.80. The van der Waals surface area contributed by atoms with E-state index < -0.39 is 16.4 Å². The van der Waals surface area contributed by atoms with Gasteiger partial charge in [-0.2, -0.15) is 0 Å². The minimum atomic E-state index is -1.11. The molecule has 1 saturated carbocycles. The monoisotopic (exact) mass is 356 g/mol. The van der Waals surface area contributed by atoms with Gasteiger partial charge in [-0.15, -0.1) is 11.3 Å². The Labute approximate surface area is 150 Å². The first-order valence-corrected chi connectivity index (χ1v) is 9.24. The van der Waals surface area contributed by atoms with Crippen molar-refractivity contribution in [1.29, 1.82) is 0 Å². The van der Waals surface area contributed by atoms with Gasteiger partial charge in [-0.1, -0.05) is 44.2 Å². The highest BCUT2D eigenvalue weighted by atomic mass is 32.1. The normalized spacial score (nSPS) is 29.5. The summed E-state index contributed by atoms with van der Waals surface area (Å²) in [5.41, 5.74) is -0.462. The number of hydrogen-bond acceptors (Lipinski definition) is 5. The number of nitrogens with one attached hydrogen (secondary N) is 1. The van der Waals surface area contributed by atoms with Gasteiger partial charge in [0.15, 0.2) is 10.7 Å². The number of ether oxygens (including phenoxy) is 1. The maximum atomic E-state index is 13.0. The van der Waals surface area contributed by atoms with Crippen molar-refractivity contribution in [2.24, 2.45) is 10.8 Å². The molecule has 2 bridgehead atoms. The zero-order valence-corrected chi connectivity index (χ0v) is 15.3. The van der Waals surface area contributed by atoms with E-state index in [1.54, 1.807) is 0 Å². The van der Waals surface area contributed by atoms with Gasteiger partial charge >= 0.3 is 5.97 Å². The molecule has 5 nitrogen and oxygen atoms in total. The number of benzene rings is 1. The predicted octanol–water partition coefficient (Wildman–Crippen LogP) is 3.87. The van der Waals surface area contributed by atoms with Crippen LogP contribution in [0.3, 0.4) is 0 Å². The Kier molecular flexibility index (Phi) is 3.35. The summed E-state index contributed by atoms with van der Waals surface area (Å²) < 4.78 is 5.62. The van der Waals surface area contributed by atoms with Crippen LogP contribution in [0, 0.1) is 10.8 Å². The number of hydrogen-bond donors (Lipinski definition) is 1. The molecular formula is C19H20N2O3S. The highest BCUT2D eigenvalue weighted by molar-refractivity contribution is 7.14. The molecular weight excluding hydrogens is 336 g/mol. The number of aromatic nitrogens is 1. The number of thiazole rings is 1. The van der Waals surface area contributed by atoms with Crippen LogP contribution in [-0.4, -0.2) is 22.5 Å². The van der Waals surface area contributed by atoms with Gasteiger partial charge in [0.1, 0.15) is 0 Å². The molecule has 0 spiro atoms. The number of esters is 1. The Hall–Kier alpha value is -2.21. The number of amides is 1. The Balaban J connectivity index is 1.60. The SMILES string of the molecule is CC1(C)[C@@]2(C)CC[C@@]1(C(=O)Nc1nc(-c3ccccc3)cs1)OC2=O. The minimum absolute atomic E-state index is 0.275. The summed E-state index contributed by atoms with van der Waals surface area (Å²) in [5.74, 6) is -0.552.